The van der Waals surface area contributed by atoms with Gasteiger partial charge in [-0.15, -0.1) is 11.3 Å². The van der Waals surface area contributed by atoms with E-state index in [0.717, 1.165) is 11.4 Å². The largest absolute Gasteiger partial charge is 0.348 e. The van der Waals surface area contributed by atoms with Gasteiger partial charge in [-0.25, -0.2) is 4.98 Å². The molecule has 1 saturated heterocycles. The van der Waals surface area contributed by atoms with Gasteiger partial charge in [-0.2, -0.15) is 0 Å². The molecular weight excluding hydrogens is 199 g/mol. The molecule has 2 heterocycles. The first-order chi connectivity index (χ1) is 6.25. The monoisotopic (exact) mass is 214 g/mol. The van der Waals surface area contributed by atoms with Crippen LogP contribution in [-0.4, -0.2) is 18.1 Å². The van der Waals surface area contributed by atoms with E-state index in [0.29, 0.717) is 0 Å². The molecule has 0 bridgehead atoms. The Kier molecular flexibility index (Phi) is 2.85. The van der Waals surface area contributed by atoms with Crippen LogP contribution in [0.15, 0.2) is 5.38 Å². The van der Waals surface area contributed by atoms with Crippen LogP contribution in [-0.2, 0) is 0 Å². The van der Waals surface area contributed by atoms with Gasteiger partial charge >= 0.3 is 0 Å². The number of rotatable bonds is 1. The normalized spacial score (nSPS) is 19.4. The third-order valence-corrected chi connectivity index (χ3v) is 4.02. The van der Waals surface area contributed by atoms with Crippen molar-refractivity contribution in [1.29, 1.82) is 0 Å². The number of hydrogen-bond donors (Lipinski definition) is 0. The highest BCUT2D eigenvalue weighted by atomic mass is 32.1. The van der Waals surface area contributed by atoms with Crippen molar-refractivity contribution in [1.82, 2.24) is 4.98 Å². The molecule has 72 valence electrons. The molecule has 2 nitrogen and oxygen atoms in total. The number of aromatic nitrogens is 1. The molecule has 0 amide bonds. The quantitative estimate of drug-likeness (QED) is 0.664. The third-order valence-electron chi connectivity index (χ3n) is 2.56. The van der Waals surface area contributed by atoms with Crippen LogP contribution in [0.4, 0.5) is 5.13 Å². The SMILES string of the molecule is CC1CCN(c2nc(P)cs2)CC1. The summed E-state index contributed by atoms with van der Waals surface area (Å²) in [5.41, 5.74) is 1.07. The van der Waals surface area contributed by atoms with Crippen LogP contribution < -0.4 is 10.3 Å². The standard InChI is InChI=1S/C9H15N2PS/c1-7-2-4-11(5-3-7)9-10-8(12)6-13-9/h6-7H,2-5,12H2,1H3. The zero-order valence-corrected chi connectivity index (χ0v) is 9.83. The summed E-state index contributed by atoms with van der Waals surface area (Å²) in [6.45, 7) is 4.69. The highest BCUT2D eigenvalue weighted by Gasteiger charge is 2.17. The zero-order chi connectivity index (χ0) is 9.26. The Hall–Kier alpha value is -0.140. The molecule has 13 heavy (non-hydrogen) atoms. The highest BCUT2D eigenvalue weighted by Crippen LogP contribution is 2.24. The fourth-order valence-electron chi connectivity index (χ4n) is 1.62. The fraction of sp³-hybridized carbons (Fsp3) is 0.667. The summed E-state index contributed by atoms with van der Waals surface area (Å²) in [5, 5.41) is 3.29. The van der Waals surface area contributed by atoms with Gasteiger partial charge in [-0.3, -0.25) is 0 Å². The summed E-state index contributed by atoms with van der Waals surface area (Å²) in [4.78, 5) is 6.87. The maximum Gasteiger partial charge on any atom is 0.185 e. The second kappa shape index (κ2) is 3.93. The van der Waals surface area contributed by atoms with E-state index in [9.17, 15) is 0 Å². The van der Waals surface area contributed by atoms with Gasteiger partial charge in [-0.05, 0) is 18.8 Å². The Bertz CT molecular complexity index is 279. The van der Waals surface area contributed by atoms with Gasteiger partial charge in [-0.1, -0.05) is 16.2 Å². The second-order valence-corrected chi connectivity index (χ2v) is 5.15. The molecule has 2 rings (SSSR count). The first-order valence-electron chi connectivity index (χ1n) is 4.71. The molecule has 1 aromatic rings. The van der Waals surface area contributed by atoms with Crippen molar-refractivity contribution >= 4 is 31.1 Å². The lowest BCUT2D eigenvalue weighted by molar-refractivity contribution is 0.438. The highest BCUT2D eigenvalue weighted by molar-refractivity contribution is 7.29. The van der Waals surface area contributed by atoms with Crippen molar-refractivity contribution in [2.24, 2.45) is 5.92 Å². The molecule has 1 atom stereocenters. The van der Waals surface area contributed by atoms with E-state index < -0.39 is 0 Å². The van der Waals surface area contributed by atoms with Gasteiger partial charge in [0.1, 0.15) is 0 Å². The van der Waals surface area contributed by atoms with Gasteiger partial charge in [0, 0.05) is 18.5 Å². The molecule has 1 aliphatic heterocycles. The third kappa shape index (κ3) is 2.21. The molecule has 1 fully saturated rings. The first-order valence-corrected chi connectivity index (χ1v) is 6.17. The molecule has 4 heteroatoms. The maximum atomic E-state index is 4.47. The summed E-state index contributed by atoms with van der Waals surface area (Å²) in [5.74, 6) is 0.895. The molecular formula is C9H15N2PS. The minimum atomic E-state index is 0.895. The predicted octanol–water partition coefficient (Wildman–Crippen LogP) is 1.88. The molecule has 0 saturated carbocycles. The van der Waals surface area contributed by atoms with E-state index >= 15 is 0 Å². The molecule has 0 radical (unpaired) electrons. The maximum absolute atomic E-state index is 4.47. The van der Waals surface area contributed by atoms with E-state index in [-0.39, 0.29) is 0 Å². The molecule has 1 aromatic heterocycles. The lowest BCUT2D eigenvalue weighted by Gasteiger charge is -2.29. The van der Waals surface area contributed by atoms with Crippen LogP contribution in [0.3, 0.4) is 0 Å². The molecule has 0 aliphatic carbocycles. The van der Waals surface area contributed by atoms with Crippen LogP contribution in [0.1, 0.15) is 19.8 Å². The Morgan fingerprint density at radius 3 is 2.77 bits per heavy atom. The Labute approximate surface area is 85.6 Å². The smallest absolute Gasteiger partial charge is 0.185 e. The molecule has 1 aliphatic rings. The Morgan fingerprint density at radius 1 is 1.54 bits per heavy atom. The van der Waals surface area contributed by atoms with E-state index in [1.54, 1.807) is 11.3 Å². The zero-order valence-electron chi connectivity index (χ0n) is 7.86. The second-order valence-electron chi connectivity index (χ2n) is 3.72. The fourth-order valence-corrected chi connectivity index (χ4v) is 2.81. The van der Waals surface area contributed by atoms with E-state index in [2.05, 4.69) is 31.4 Å². The van der Waals surface area contributed by atoms with Crippen molar-refractivity contribution in [2.45, 2.75) is 19.8 Å². The minimum Gasteiger partial charge on any atom is -0.348 e. The van der Waals surface area contributed by atoms with E-state index in [1.807, 2.05) is 0 Å². The van der Waals surface area contributed by atoms with Gasteiger partial charge in [0.2, 0.25) is 0 Å². The minimum absolute atomic E-state index is 0.895. The van der Waals surface area contributed by atoms with Crippen LogP contribution in [0.25, 0.3) is 0 Å². The van der Waals surface area contributed by atoms with E-state index in [4.69, 9.17) is 0 Å². The van der Waals surface area contributed by atoms with Gasteiger partial charge < -0.3 is 4.90 Å². The number of hydrogen-bond acceptors (Lipinski definition) is 3. The van der Waals surface area contributed by atoms with Gasteiger partial charge in [0.05, 0.1) is 5.44 Å². The molecule has 1 unspecified atom stereocenters. The Morgan fingerprint density at radius 2 is 2.23 bits per heavy atom. The Balaban J connectivity index is 2.02. The summed E-state index contributed by atoms with van der Waals surface area (Å²) in [7, 11) is 2.65. The number of anilines is 1. The summed E-state index contributed by atoms with van der Waals surface area (Å²) >= 11 is 1.75. The summed E-state index contributed by atoms with van der Waals surface area (Å²) in [6.07, 6.45) is 2.62. The van der Waals surface area contributed by atoms with Gasteiger partial charge in [0.15, 0.2) is 5.13 Å². The number of nitrogens with zero attached hydrogens (tertiary/aromatic N) is 2. The average molecular weight is 214 g/mol. The van der Waals surface area contributed by atoms with Crippen LogP contribution in [0.5, 0.6) is 0 Å². The van der Waals surface area contributed by atoms with Gasteiger partial charge in [0.25, 0.3) is 0 Å². The van der Waals surface area contributed by atoms with Crippen molar-refractivity contribution in [2.75, 3.05) is 18.0 Å². The van der Waals surface area contributed by atoms with Crippen LogP contribution in [0.2, 0.25) is 0 Å². The van der Waals surface area contributed by atoms with E-state index in [1.165, 1.54) is 31.1 Å². The predicted molar refractivity (Wildman–Crippen MR) is 62.1 cm³/mol. The topological polar surface area (TPSA) is 16.1 Å². The van der Waals surface area contributed by atoms with Crippen LogP contribution in [0, 0.1) is 5.92 Å². The first kappa shape index (κ1) is 9.42. The molecule has 0 aromatic carbocycles. The van der Waals surface area contributed by atoms with Crippen LogP contribution >= 0.6 is 20.6 Å². The average Bonchev–Trinajstić information content (AvgIpc) is 2.53. The summed E-state index contributed by atoms with van der Waals surface area (Å²) in [6, 6.07) is 0. The lowest BCUT2D eigenvalue weighted by Crippen LogP contribution is -2.32. The molecule has 0 N–H and O–H groups in total. The number of thiazole rings is 1. The van der Waals surface area contributed by atoms with Crippen molar-refractivity contribution in [3.63, 3.8) is 0 Å². The van der Waals surface area contributed by atoms with Crippen molar-refractivity contribution in [3.8, 4) is 0 Å². The molecule has 0 spiro atoms. The lowest BCUT2D eigenvalue weighted by atomic mass is 10.00. The number of piperidine rings is 1. The van der Waals surface area contributed by atoms with Crippen molar-refractivity contribution < 1.29 is 0 Å². The van der Waals surface area contributed by atoms with Crippen molar-refractivity contribution in [3.05, 3.63) is 5.38 Å². The summed E-state index contributed by atoms with van der Waals surface area (Å²) < 4.78 is 0.